The summed E-state index contributed by atoms with van der Waals surface area (Å²) in [4.78, 5) is 40.9. The molecule has 158 valence electrons. The molecule has 0 unspecified atom stereocenters. The Morgan fingerprint density at radius 2 is 1.86 bits per heavy atom. The first kappa shape index (κ1) is 21.1. The molecule has 8 nitrogen and oxygen atoms in total. The second kappa shape index (κ2) is 7.67. The van der Waals surface area contributed by atoms with Crippen molar-refractivity contribution < 1.29 is 29.0 Å². The number of rotatable bonds is 3. The number of carboxylic acid groups (broad SMARTS) is 1. The van der Waals surface area contributed by atoms with Crippen LogP contribution in [0.3, 0.4) is 0 Å². The third-order valence-corrected chi connectivity index (χ3v) is 5.55. The molecule has 2 fully saturated rings. The van der Waals surface area contributed by atoms with E-state index in [4.69, 9.17) is 9.47 Å². The molecule has 0 bridgehead atoms. The van der Waals surface area contributed by atoms with Crippen molar-refractivity contribution in [3.8, 4) is 5.75 Å². The zero-order chi connectivity index (χ0) is 21.4. The fourth-order valence-electron chi connectivity index (χ4n) is 3.98. The highest BCUT2D eigenvalue weighted by atomic mass is 16.5. The number of benzene rings is 1. The van der Waals surface area contributed by atoms with Gasteiger partial charge in [0.15, 0.2) is 6.04 Å². The quantitative estimate of drug-likeness (QED) is 0.828. The molecule has 3 rings (SSSR count). The van der Waals surface area contributed by atoms with E-state index in [0.717, 1.165) is 0 Å². The Hall–Kier alpha value is -2.61. The van der Waals surface area contributed by atoms with Crippen LogP contribution in [0.2, 0.25) is 0 Å². The number of nitrogens with zero attached hydrogens (tertiary/aromatic N) is 2. The predicted molar refractivity (Wildman–Crippen MR) is 105 cm³/mol. The minimum absolute atomic E-state index is 0.0332. The van der Waals surface area contributed by atoms with Crippen LogP contribution < -0.4 is 4.74 Å². The van der Waals surface area contributed by atoms with Gasteiger partial charge < -0.3 is 19.5 Å². The molecule has 2 amide bonds. The van der Waals surface area contributed by atoms with Gasteiger partial charge in [-0.2, -0.15) is 0 Å². The Kier molecular flexibility index (Phi) is 5.58. The summed E-state index contributed by atoms with van der Waals surface area (Å²) in [5.74, 6) is -0.969. The molecule has 2 heterocycles. The minimum Gasteiger partial charge on any atom is -0.497 e. The van der Waals surface area contributed by atoms with Crippen molar-refractivity contribution >= 4 is 17.8 Å². The summed E-state index contributed by atoms with van der Waals surface area (Å²) in [5, 5.41) is 9.68. The summed E-state index contributed by atoms with van der Waals surface area (Å²) in [7, 11) is 1.51. The minimum atomic E-state index is -1.11. The van der Waals surface area contributed by atoms with Gasteiger partial charge in [0.05, 0.1) is 13.7 Å². The van der Waals surface area contributed by atoms with E-state index in [9.17, 15) is 19.5 Å². The zero-order valence-corrected chi connectivity index (χ0v) is 17.3. The SMILES string of the molecule is COc1cccc(C(=O)N2[C@H](C(=O)O)COC23CCN(C(=O)C(C)(C)C)CC3)c1. The first-order chi connectivity index (χ1) is 13.6. The van der Waals surface area contributed by atoms with E-state index in [1.54, 1.807) is 29.2 Å². The number of likely N-dealkylation sites (tertiary alicyclic amines) is 1. The maximum absolute atomic E-state index is 13.3. The van der Waals surface area contributed by atoms with E-state index in [1.165, 1.54) is 12.0 Å². The molecule has 2 saturated heterocycles. The standard InChI is InChI=1S/C21H28N2O6/c1-20(2,3)19(27)22-10-8-21(9-11-22)23(16(13-29-21)18(25)26)17(24)14-6-5-7-15(12-14)28-4/h5-7,12,16H,8-11,13H2,1-4H3,(H,25,26)/t16-/m0/s1. The van der Waals surface area contributed by atoms with Crippen molar-refractivity contribution in [2.45, 2.75) is 45.4 Å². The van der Waals surface area contributed by atoms with E-state index in [-0.39, 0.29) is 12.5 Å². The number of aliphatic carboxylic acids is 1. The van der Waals surface area contributed by atoms with Gasteiger partial charge in [-0.05, 0) is 18.2 Å². The Morgan fingerprint density at radius 1 is 1.21 bits per heavy atom. The van der Waals surface area contributed by atoms with Gasteiger partial charge in [0.1, 0.15) is 11.5 Å². The van der Waals surface area contributed by atoms with Crippen molar-refractivity contribution in [1.82, 2.24) is 9.80 Å². The average molecular weight is 404 g/mol. The van der Waals surface area contributed by atoms with E-state index in [0.29, 0.717) is 37.2 Å². The molecule has 2 aliphatic rings. The molecule has 29 heavy (non-hydrogen) atoms. The zero-order valence-electron chi connectivity index (χ0n) is 17.3. The second-order valence-electron chi connectivity index (χ2n) is 8.56. The van der Waals surface area contributed by atoms with Crippen LogP contribution in [0.5, 0.6) is 5.75 Å². The first-order valence-corrected chi connectivity index (χ1v) is 9.73. The highest BCUT2D eigenvalue weighted by Crippen LogP contribution is 2.39. The lowest BCUT2D eigenvalue weighted by Crippen LogP contribution is -2.59. The van der Waals surface area contributed by atoms with Crippen molar-refractivity contribution in [3.63, 3.8) is 0 Å². The van der Waals surface area contributed by atoms with E-state index in [1.807, 2.05) is 20.8 Å². The second-order valence-corrected chi connectivity index (χ2v) is 8.56. The molecule has 0 saturated carbocycles. The van der Waals surface area contributed by atoms with Crippen LogP contribution in [0, 0.1) is 5.41 Å². The summed E-state index contributed by atoms with van der Waals surface area (Å²) in [6.45, 7) is 6.34. The summed E-state index contributed by atoms with van der Waals surface area (Å²) >= 11 is 0. The number of ether oxygens (including phenoxy) is 2. The van der Waals surface area contributed by atoms with E-state index < -0.39 is 29.1 Å². The maximum Gasteiger partial charge on any atom is 0.328 e. The molecule has 0 radical (unpaired) electrons. The van der Waals surface area contributed by atoms with Gasteiger partial charge in [0, 0.05) is 36.9 Å². The van der Waals surface area contributed by atoms with Gasteiger partial charge in [0.25, 0.3) is 5.91 Å². The first-order valence-electron chi connectivity index (χ1n) is 9.73. The number of carbonyl (C=O) groups is 3. The predicted octanol–water partition coefficient (Wildman–Crippen LogP) is 1.99. The van der Waals surface area contributed by atoms with Gasteiger partial charge in [0.2, 0.25) is 5.91 Å². The molecule has 2 aliphatic heterocycles. The summed E-state index contributed by atoms with van der Waals surface area (Å²) in [6, 6.07) is 5.56. The molecule has 1 atom stereocenters. The van der Waals surface area contributed by atoms with Crippen molar-refractivity contribution in [3.05, 3.63) is 29.8 Å². The Balaban J connectivity index is 1.87. The van der Waals surface area contributed by atoms with Gasteiger partial charge in [-0.3, -0.25) is 14.5 Å². The Bertz CT molecular complexity index is 808. The van der Waals surface area contributed by atoms with Crippen LogP contribution in [0.4, 0.5) is 0 Å². The third kappa shape index (κ3) is 3.94. The summed E-state index contributed by atoms with van der Waals surface area (Å²) in [6.07, 6.45) is 0.739. The fraction of sp³-hybridized carbons (Fsp3) is 0.571. The van der Waals surface area contributed by atoms with Gasteiger partial charge in [-0.25, -0.2) is 4.79 Å². The number of amides is 2. The molecule has 1 aromatic carbocycles. The lowest BCUT2D eigenvalue weighted by Gasteiger charge is -2.45. The normalized spacial score (nSPS) is 21.3. The number of carboxylic acids is 1. The fourth-order valence-corrected chi connectivity index (χ4v) is 3.98. The topological polar surface area (TPSA) is 96.4 Å². The Labute approximate surface area is 170 Å². The highest BCUT2D eigenvalue weighted by molar-refractivity contribution is 5.97. The summed E-state index contributed by atoms with van der Waals surface area (Å²) in [5.41, 5.74) is -1.19. The number of piperidine rings is 1. The molecule has 1 aromatic rings. The molecule has 1 spiro atoms. The van der Waals surface area contributed by atoms with Crippen LogP contribution in [0.15, 0.2) is 24.3 Å². The van der Waals surface area contributed by atoms with Crippen LogP contribution in [-0.2, 0) is 14.3 Å². The molecular formula is C21H28N2O6. The highest BCUT2D eigenvalue weighted by Gasteiger charge is 2.54. The van der Waals surface area contributed by atoms with Crippen LogP contribution >= 0.6 is 0 Å². The largest absolute Gasteiger partial charge is 0.497 e. The van der Waals surface area contributed by atoms with Gasteiger partial charge in [-0.15, -0.1) is 0 Å². The Morgan fingerprint density at radius 3 is 2.41 bits per heavy atom. The average Bonchev–Trinajstić information content (AvgIpc) is 3.05. The van der Waals surface area contributed by atoms with E-state index >= 15 is 0 Å². The number of hydrogen-bond acceptors (Lipinski definition) is 5. The van der Waals surface area contributed by atoms with Gasteiger partial charge in [-0.1, -0.05) is 26.8 Å². The van der Waals surface area contributed by atoms with E-state index in [2.05, 4.69) is 0 Å². The van der Waals surface area contributed by atoms with Gasteiger partial charge >= 0.3 is 5.97 Å². The van der Waals surface area contributed by atoms with Crippen LogP contribution in [0.25, 0.3) is 0 Å². The number of methoxy groups -OCH3 is 1. The molecule has 1 N–H and O–H groups in total. The van der Waals surface area contributed by atoms with Crippen molar-refractivity contribution in [2.75, 3.05) is 26.8 Å². The number of carbonyl (C=O) groups excluding carboxylic acids is 2. The van der Waals surface area contributed by atoms with Crippen LogP contribution in [0.1, 0.15) is 44.0 Å². The smallest absolute Gasteiger partial charge is 0.328 e. The van der Waals surface area contributed by atoms with Crippen molar-refractivity contribution in [2.24, 2.45) is 5.41 Å². The lowest BCUT2D eigenvalue weighted by atomic mass is 9.91. The molecular weight excluding hydrogens is 376 g/mol. The molecule has 8 heteroatoms. The molecule has 0 aliphatic carbocycles. The monoisotopic (exact) mass is 404 g/mol. The van der Waals surface area contributed by atoms with Crippen LogP contribution in [-0.4, -0.2) is 71.3 Å². The maximum atomic E-state index is 13.3. The molecule has 0 aromatic heterocycles. The third-order valence-electron chi connectivity index (χ3n) is 5.55. The summed E-state index contributed by atoms with van der Waals surface area (Å²) < 4.78 is 11.1. The van der Waals surface area contributed by atoms with Crippen molar-refractivity contribution in [1.29, 1.82) is 0 Å². The number of hydrogen-bond donors (Lipinski definition) is 1. The lowest BCUT2D eigenvalue weighted by molar-refractivity contribution is -0.152.